The number of carbonyl (C=O) groups is 2. The Hall–Kier alpha value is -3.88. The van der Waals surface area contributed by atoms with Crippen molar-refractivity contribution in [2.45, 2.75) is 32.7 Å². The zero-order chi connectivity index (χ0) is 23.4. The number of carboxylic acid groups (broad SMARTS) is 1. The van der Waals surface area contributed by atoms with E-state index in [2.05, 4.69) is 13.8 Å². The molecule has 1 aliphatic heterocycles. The summed E-state index contributed by atoms with van der Waals surface area (Å²) in [4.78, 5) is 38.8. The monoisotopic (exact) mass is 439 g/mol. The molecule has 2 aromatic carbocycles. The lowest BCUT2D eigenvalue weighted by Gasteiger charge is -2.37. The van der Waals surface area contributed by atoms with Crippen LogP contribution >= 0.6 is 0 Å². The van der Waals surface area contributed by atoms with Crippen molar-refractivity contribution in [3.8, 4) is 5.75 Å². The summed E-state index contributed by atoms with van der Waals surface area (Å²) >= 11 is 0. The summed E-state index contributed by atoms with van der Waals surface area (Å²) in [5.74, 6) is -0.989. The number of nitro groups is 1. The molecule has 2 N–H and O–H groups in total. The van der Waals surface area contributed by atoms with E-state index < -0.39 is 22.6 Å². The Morgan fingerprint density at radius 2 is 1.84 bits per heavy atom. The van der Waals surface area contributed by atoms with Gasteiger partial charge in [-0.05, 0) is 42.2 Å². The zero-order valence-electron chi connectivity index (χ0n) is 17.8. The second kappa shape index (κ2) is 9.51. The van der Waals surface area contributed by atoms with E-state index in [0.29, 0.717) is 12.5 Å². The summed E-state index contributed by atoms with van der Waals surface area (Å²) in [6.07, 6.45) is 4.28. The van der Waals surface area contributed by atoms with E-state index in [9.17, 15) is 29.9 Å². The molecule has 32 heavy (non-hydrogen) atoms. The van der Waals surface area contributed by atoms with Crippen molar-refractivity contribution in [3.05, 3.63) is 76.1 Å². The summed E-state index contributed by atoms with van der Waals surface area (Å²) in [5.41, 5.74) is 0.307. The van der Waals surface area contributed by atoms with E-state index >= 15 is 0 Å². The number of hydrogen-bond donors (Lipinski definition) is 2. The molecule has 9 heteroatoms. The molecular weight excluding hydrogens is 414 g/mol. The second-order valence-corrected chi connectivity index (χ2v) is 8.07. The fourth-order valence-electron chi connectivity index (χ4n) is 3.53. The van der Waals surface area contributed by atoms with Gasteiger partial charge in [0.1, 0.15) is 17.5 Å². The second-order valence-electron chi connectivity index (χ2n) is 8.07. The molecule has 0 saturated carbocycles. The van der Waals surface area contributed by atoms with Gasteiger partial charge in [-0.15, -0.1) is 0 Å². The molecule has 0 aromatic heterocycles. The fraction of sp³-hybridized carbons (Fsp3) is 0.304. The van der Waals surface area contributed by atoms with Crippen LogP contribution in [0.15, 0.2) is 54.9 Å². The van der Waals surface area contributed by atoms with Crippen LogP contribution in [0.4, 0.5) is 11.4 Å². The molecule has 1 aliphatic rings. The number of phenols is 1. The largest absolute Gasteiger partial charge is 0.508 e. The quantitative estimate of drug-likeness (QED) is 0.474. The van der Waals surface area contributed by atoms with Crippen LogP contribution in [-0.4, -0.2) is 44.5 Å². The Kier molecular flexibility index (Phi) is 6.77. The highest BCUT2D eigenvalue weighted by Gasteiger charge is 2.35. The van der Waals surface area contributed by atoms with Crippen LogP contribution in [0.2, 0.25) is 0 Å². The number of hydrogen-bond acceptors (Lipinski definition) is 6. The van der Waals surface area contributed by atoms with Gasteiger partial charge in [-0.1, -0.05) is 26.0 Å². The minimum Gasteiger partial charge on any atom is -0.508 e. The van der Waals surface area contributed by atoms with Crippen LogP contribution in [0, 0.1) is 16.0 Å². The first-order chi connectivity index (χ1) is 15.2. The summed E-state index contributed by atoms with van der Waals surface area (Å²) in [6.45, 7) is 4.64. The number of aromatic carboxylic acids is 1. The highest BCUT2D eigenvalue weighted by atomic mass is 16.6. The topological polar surface area (TPSA) is 124 Å². The first kappa shape index (κ1) is 22.8. The van der Waals surface area contributed by atoms with Crippen LogP contribution < -0.4 is 4.90 Å². The van der Waals surface area contributed by atoms with Crippen molar-refractivity contribution in [2.75, 3.05) is 11.4 Å². The Bertz CT molecular complexity index is 1050. The van der Waals surface area contributed by atoms with Gasteiger partial charge in [0.05, 0.1) is 10.5 Å². The lowest BCUT2D eigenvalue weighted by atomic mass is 10.00. The molecule has 3 rings (SSSR count). The maximum Gasteiger partial charge on any atom is 0.335 e. The third-order valence-electron chi connectivity index (χ3n) is 5.32. The first-order valence-electron chi connectivity index (χ1n) is 10.2. The van der Waals surface area contributed by atoms with Crippen molar-refractivity contribution in [1.29, 1.82) is 0 Å². The molecule has 0 fully saturated rings. The van der Waals surface area contributed by atoms with Crippen molar-refractivity contribution in [1.82, 2.24) is 4.90 Å². The van der Waals surface area contributed by atoms with E-state index in [-0.39, 0.29) is 29.3 Å². The number of benzene rings is 2. The van der Waals surface area contributed by atoms with Gasteiger partial charge in [-0.3, -0.25) is 14.9 Å². The van der Waals surface area contributed by atoms with Crippen molar-refractivity contribution in [3.63, 3.8) is 0 Å². The van der Waals surface area contributed by atoms with Crippen LogP contribution in [0.3, 0.4) is 0 Å². The molecule has 1 atom stereocenters. The predicted molar refractivity (Wildman–Crippen MR) is 118 cm³/mol. The van der Waals surface area contributed by atoms with Gasteiger partial charge in [-0.25, -0.2) is 4.79 Å². The molecular formula is C23H25N3O6. The van der Waals surface area contributed by atoms with E-state index in [4.69, 9.17) is 0 Å². The standard InChI is InChI=1S/C23H25N3O6/c1-15(2)9-10-24-11-12-25(19-8-5-17(23(29)30)14-20(19)26(31)32)21(22(24)28)13-16-3-6-18(27)7-4-16/h3-8,11-12,14-15,21,27H,9-10,13H2,1-2H3,(H,29,30)/t21-/m1/s1. The minimum absolute atomic E-state index is 0.0962. The van der Waals surface area contributed by atoms with E-state index in [1.165, 1.54) is 29.2 Å². The molecule has 1 amide bonds. The number of carboxylic acids is 1. The molecule has 1 heterocycles. The molecule has 168 valence electrons. The molecule has 0 unspecified atom stereocenters. The maximum atomic E-state index is 13.4. The van der Waals surface area contributed by atoms with Gasteiger partial charge in [0.15, 0.2) is 0 Å². The van der Waals surface area contributed by atoms with Crippen LogP contribution in [-0.2, 0) is 11.2 Å². The molecule has 0 bridgehead atoms. The fourth-order valence-corrected chi connectivity index (χ4v) is 3.53. The highest BCUT2D eigenvalue weighted by Crippen LogP contribution is 2.34. The smallest absolute Gasteiger partial charge is 0.335 e. The summed E-state index contributed by atoms with van der Waals surface area (Å²) < 4.78 is 0. The van der Waals surface area contributed by atoms with Gasteiger partial charge in [0, 0.05) is 31.4 Å². The normalized spacial score (nSPS) is 16.0. The van der Waals surface area contributed by atoms with Crippen molar-refractivity contribution in [2.24, 2.45) is 5.92 Å². The number of anilines is 1. The summed E-state index contributed by atoms with van der Waals surface area (Å²) in [5, 5.41) is 30.5. The molecule has 0 radical (unpaired) electrons. The van der Waals surface area contributed by atoms with Gasteiger partial charge in [-0.2, -0.15) is 0 Å². The van der Waals surface area contributed by atoms with Crippen molar-refractivity contribution >= 4 is 23.3 Å². The van der Waals surface area contributed by atoms with Crippen LogP contribution in [0.5, 0.6) is 5.75 Å². The van der Waals surface area contributed by atoms with Gasteiger partial charge >= 0.3 is 5.97 Å². The average molecular weight is 439 g/mol. The SMILES string of the molecule is CC(C)CCN1C=CN(c2ccc(C(=O)O)cc2[N+](=O)[O-])[C@H](Cc2ccc(O)cc2)C1=O. The van der Waals surface area contributed by atoms with E-state index in [0.717, 1.165) is 18.1 Å². The van der Waals surface area contributed by atoms with Gasteiger partial charge < -0.3 is 20.0 Å². The number of phenolic OH excluding ortho intramolecular Hbond substituents is 1. The number of nitrogens with zero attached hydrogens (tertiary/aromatic N) is 3. The summed E-state index contributed by atoms with van der Waals surface area (Å²) in [6, 6.07) is 9.29. The van der Waals surface area contributed by atoms with E-state index in [1.807, 2.05) is 0 Å². The zero-order valence-corrected chi connectivity index (χ0v) is 17.8. The molecule has 2 aromatic rings. The Morgan fingerprint density at radius 3 is 2.44 bits per heavy atom. The Labute approximate surface area is 185 Å². The van der Waals surface area contributed by atoms with E-state index in [1.54, 1.807) is 29.4 Å². The first-order valence-corrected chi connectivity index (χ1v) is 10.2. The lowest BCUT2D eigenvalue weighted by Crippen LogP contribution is -2.50. The number of amides is 1. The molecule has 0 saturated heterocycles. The molecule has 9 nitrogen and oxygen atoms in total. The number of rotatable bonds is 8. The molecule has 0 aliphatic carbocycles. The average Bonchev–Trinajstić information content (AvgIpc) is 2.75. The van der Waals surface area contributed by atoms with Crippen LogP contribution in [0.25, 0.3) is 0 Å². The number of aromatic hydroxyl groups is 1. The number of nitro benzene ring substituents is 1. The highest BCUT2D eigenvalue weighted by molar-refractivity contribution is 5.92. The van der Waals surface area contributed by atoms with Gasteiger partial charge in [0.25, 0.3) is 5.69 Å². The van der Waals surface area contributed by atoms with Gasteiger partial charge in [0.2, 0.25) is 5.91 Å². The third kappa shape index (κ3) is 5.05. The molecule has 0 spiro atoms. The number of carbonyl (C=O) groups excluding carboxylic acids is 1. The van der Waals surface area contributed by atoms with Crippen LogP contribution in [0.1, 0.15) is 36.2 Å². The maximum absolute atomic E-state index is 13.4. The lowest BCUT2D eigenvalue weighted by molar-refractivity contribution is -0.384. The Morgan fingerprint density at radius 1 is 1.16 bits per heavy atom. The Balaban J connectivity index is 2.03. The minimum atomic E-state index is -1.27. The predicted octanol–water partition coefficient (Wildman–Crippen LogP) is 3.78. The third-order valence-corrected chi connectivity index (χ3v) is 5.32. The van der Waals surface area contributed by atoms with Crippen molar-refractivity contribution < 1.29 is 24.7 Å². The summed E-state index contributed by atoms with van der Waals surface area (Å²) in [7, 11) is 0.